The Morgan fingerprint density at radius 1 is 1.08 bits per heavy atom. The molecule has 0 aliphatic carbocycles. The minimum Gasteiger partial charge on any atom is -0.481 e. The molecule has 25 heavy (non-hydrogen) atoms. The zero-order valence-corrected chi connectivity index (χ0v) is 17.1. The Balaban J connectivity index is 1.69. The monoisotopic (exact) mass is 482 g/mol. The number of aryl methyl sites for hydroxylation is 1. The van der Waals surface area contributed by atoms with E-state index in [1.165, 1.54) is 0 Å². The number of hydrogen-bond acceptors (Lipinski definition) is 3. The number of carbonyl (C=O) groups is 1. The van der Waals surface area contributed by atoms with E-state index in [9.17, 15) is 4.79 Å². The topological polar surface area (TPSA) is 35.5 Å². The van der Waals surface area contributed by atoms with Crippen molar-refractivity contribution >= 4 is 60.2 Å². The van der Waals surface area contributed by atoms with Crippen molar-refractivity contribution in [3.8, 4) is 11.5 Å². The van der Waals surface area contributed by atoms with Crippen LogP contribution < -0.4 is 9.47 Å². The van der Waals surface area contributed by atoms with Crippen LogP contribution in [0.1, 0.15) is 5.56 Å². The van der Waals surface area contributed by atoms with Crippen molar-refractivity contribution in [2.75, 3.05) is 6.61 Å². The molecule has 0 atom stereocenters. The Hall–Kier alpha value is -1.56. The lowest BCUT2D eigenvalue weighted by atomic mass is 10.1. The second kappa shape index (κ2) is 7.77. The number of carbonyl (C=O) groups excluding carboxylic acids is 1. The van der Waals surface area contributed by atoms with Crippen LogP contribution in [0.25, 0.3) is 10.8 Å². The minimum absolute atomic E-state index is 0.192. The van der Waals surface area contributed by atoms with E-state index in [1.54, 1.807) is 18.2 Å². The lowest BCUT2D eigenvalue weighted by Crippen LogP contribution is -2.17. The van der Waals surface area contributed by atoms with Crippen LogP contribution in [-0.2, 0) is 4.79 Å². The highest BCUT2D eigenvalue weighted by molar-refractivity contribution is 9.11. The SMILES string of the molecule is Cc1cc(OC(=O)COc2ccc3cc(Br)ccc3c2Br)ccc1Cl. The molecule has 0 bridgehead atoms. The van der Waals surface area contributed by atoms with Crippen LogP contribution in [0.4, 0.5) is 0 Å². The lowest BCUT2D eigenvalue weighted by molar-refractivity contribution is -0.136. The van der Waals surface area contributed by atoms with Crippen LogP contribution in [0.5, 0.6) is 11.5 Å². The molecule has 3 nitrogen and oxygen atoms in total. The molecule has 6 heteroatoms. The van der Waals surface area contributed by atoms with Crippen LogP contribution in [-0.4, -0.2) is 12.6 Å². The van der Waals surface area contributed by atoms with Gasteiger partial charge in [0.25, 0.3) is 0 Å². The predicted molar refractivity (Wildman–Crippen MR) is 107 cm³/mol. The van der Waals surface area contributed by atoms with E-state index in [0.717, 1.165) is 25.3 Å². The highest BCUT2D eigenvalue weighted by Gasteiger charge is 2.11. The fraction of sp³-hybridized carbons (Fsp3) is 0.105. The molecule has 0 radical (unpaired) electrons. The van der Waals surface area contributed by atoms with Crippen molar-refractivity contribution in [1.29, 1.82) is 0 Å². The average Bonchev–Trinajstić information content (AvgIpc) is 2.57. The van der Waals surface area contributed by atoms with E-state index < -0.39 is 5.97 Å². The van der Waals surface area contributed by atoms with Crippen LogP contribution in [0, 0.1) is 6.92 Å². The first kappa shape index (κ1) is 18.2. The van der Waals surface area contributed by atoms with Gasteiger partial charge in [0.1, 0.15) is 11.5 Å². The largest absolute Gasteiger partial charge is 0.481 e. The molecule has 0 fully saturated rings. The van der Waals surface area contributed by atoms with Crippen molar-refractivity contribution in [2.45, 2.75) is 6.92 Å². The number of hydrogen-bond donors (Lipinski definition) is 0. The van der Waals surface area contributed by atoms with Crippen LogP contribution >= 0.6 is 43.5 Å². The van der Waals surface area contributed by atoms with E-state index in [2.05, 4.69) is 31.9 Å². The summed E-state index contributed by atoms with van der Waals surface area (Å²) in [7, 11) is 0. The third kappa shape index (κ3) is 4.35. The second-order valence-electron chi connectivity index (χ2n) is 5.42. The Labute approximate surface area is 167 Å². The summed E-state index contributed by atoms with van der Waals surface area (Å²) in [4.78, 5) is 12.0. The number of benzene rings is 3. The van der Waals surface area contributed by atoms with Gasteiger partial charge in [-0.1, -0.05) is 39.7 Å². The summed E-state index contributed by atoms with van der Waals surface area (Å²) < 4.78 is 12.7. The Kier molecular flexibility index (Phi) is 5.67. The van der Waals surface area contributed by atoms with Crippen LogP contribution in [0.15, 0.2) is 57.5 Å². The molecule has 0 unspecified atom stereocenters. The van der Waals surface area contributed by atoms with E-state index in [0.29, 0.717) is 16.5 Å². The van der Waals surface area contributed by atoms with Gasteiger partial charge in [0.15, 0.2) is 6.61 Å². The summed E-state index contributed by atoms with van der Waals surface area (Å²) in [6.07, 6.45) is 0. The smallest absolute Gasteiger partial charge is 0.349 e. The quantitative estimate of drug-likeness (QED) is 0.322. The molecule has 3 aromatic carbocycles. The second-order valence-corrected chi connectivity index (χ2v) is 7.53. The third-order valence-electron chi connectivity index (χ3n) is 3.59. The van der Waals surface area contributed by atoms with Gasteiger partial charge in [0.05, 0.1) is 4.47 Å². The van der Waals surface area contributed by atoms with E-state index in [4.69, 9.17) is 21.1 Å². The predicted octanol–water partition coefficient (Wildman–Crippen LogP) is 6.31. The van der Waals surface area contributed by atoms with Gasteiger partial charge in [-0.15, -0.1) is 0 Å². The molecule has 0 saturated heterocycles. The molecule has 3 rings (SSSR count). The van der Waals surface area contributed by atoms with Gasteiger partial charge in [-0.25, -0.2) is 4.79 Å². The van der Waals surface area contributed by atoms with Gasteiger partial charge in [0, 0.05) is 9.50 Å². The third-order valence-corrected chi connectivity index (χ3v) is 5.32. The summed E-state index contributed by atoms with van der Waals surface area (Å²) in [5, 5.41) is 2.69. The fourth-order valence-corrected chi connectivity index (χ4v) is 3.44. The van der Waals surface area contributed by atoms with Crippen molar-refractivity contribution < 1.29 is 14.3 Å². The maximum Gasteiger partial charge on any atom is 0.349 e. The normalized spacial score (nSPS) is 10.7. The van der Waals surface area contributed by atoms with Gasteiger partial charge in [-0.3, -0.25) is 0 Å². The first-order valence-corrected chi connectivity index (χ1v) is 9.38. The molecule has 3 aromatic rings. The van der Waals surface area contributed by atoms with Gasteiger partial charge in [-0.2, -0.15) is 0 Å². The highest BCUT2D eigenvalue weighted by Crippen LogP contribution is 2.34. The van der Waals surface area contributed by atoms with Crippen molar-refractivity contribution in [1.82, 2.24) is 0 Å². The number of halogens is 3. The summed E-state index contributed by atoms with van der Waals surface area (Å²) in [6.45, 7) is 1.66. The summed E-state index contributed by atoms with van der Waals surface area (Å²) >= 11 is 12.9. The first-order chi connectivity index (χ1) is 11.9. The van der Waals surface area contributed by atoms with Crippen molar-refractivity contribution in [3.63, 3.8) is 0 Å². The van der Waals surface area contributed by atoms with Crippen LogP contribution in [0.2, 0.25) is 5.02 Å². The number of ether oxygens (including phenoxy) is 2. The van der Waals surface area contributed by atoms with Crippen molar-refractivity contribution in [2.24, 2.45) is 0 Å². The lowest BCUT2D eigenvalue weighted by Gasteiger charge is -2.11. The van der Waals surface area contributed by atoms with E-state index >= 15 is 0 Å². The zero-order chi connectivity index (χ0) is 18.0. The fourth-order valence-electron chi connectivity index (χ4n) is 2.33. The summed E-state index contributed by atoms with van der Waals surface area (Å²) in [6, 6.07) is 14.8. The summed E-state index contributed by atoms with van der Waals surface area (Å²) in [5.74, 6) is 0.543. The number of rotatable bonds is 4. The van der Waals surface area contributed by atoms with Gasteiger partial charge in [-0.05, 0) is 75.6 Å². The van der Waals surface area contributed by atoms with Gasteiger partial charge in [0.2, 0.25) is 0 Å². The van der Waals surface area contributed by atoms with Crippen molar-refractivity contribution in [3.05, 3.63) is 68.1 Å². The first-order valence-electron chi connectivity index (χ1n) is 7.41. The maximum atomic E-state index is 12.0. The summed E-state index contributed by atoms with van der Waals surface area (Å²) in [5.41, 5.74) is 0.844. The highest BCUT2D eigenvalue weighted by atomic mass is 79.9. The average molecular weight is 485 g/mol. The molecule has 0 N–H and O–H groups in total. The Morgan fingerprint density at radius 3 is 2.64 bits per heavy atom. The molecule has 0 aliphatic heterocycles. The maximum absolute atomic E-state index is 12.0. The molecular weight excluding hydrogens is 471 g/mol. The number of esters is 1. The molecule has 0 heterocycles. The molecule has 0 aliphatic rings. The molecule has 0 aromatic heterocycles. The molecule has 128 valence electrons. The number of fused-ring (bicyclic) bond motifs is 1. The van der Waals surface area contributed by atoms with Crippen LogP contribution in [0.3, 0.4) is 0 Å². The zero-order valence-electron chi connectivity index (χ0n) is 13.2. The molecular formula is C19H13Br2ClO3. The molecule has 0 spiro atoms. The Bertz CT molecular complexity index is 957. The molecule has 0 amide bonds. The van der Waals surface area contributed by atoms with Gasteiger partial charge < -0.3 is 9.47 Å². The van der Waals surface area contributed by atoms with E-state index in [-0.39, 0.29) is 6.61 Å². The molecule has 0 saturated carbocycles. The standard InChI is InChI=1S/C19H13Br2ClO3/c1-11-8-14(4-6-16(11)22)25-18(23)10-24-17-7-2-12-9-13(20)3-5-15(12)19(17)21/h2-9H,10H2,1H3. The van der Waals surface area contributed by atoms with E-state index in [1.807, 2.05) is 37.3 Å². The Morgan fingerprint density at radius 2 is 1.88 bits per heavy atom. The van der Waals surface area contributed by atoms with Gasteiger partial charge >= 0.3 is 5.97 Å². The minimum atomic E-state index is -0.482.